The number of hydrogen-bond acceptors (Lipinski definition) is 4. The van der Waals surface area contributed by atoms with Gasteiger partial charge in [-0.3, -0.25) is 15.2 Å². The Morgan fingerprint density at radius 2 is 2.10 bits per heavy atom. The van der Waals surface area contributed by atoms with Crippen LogP contribution in [0.4, 0.5) is 13.2 Å². The van der Waals surface area contributed by atoms with E-state index >= 15 is 0 Å². The summed E-state index contributed by atoms with van der Waals surface area (Å²) < 4.78 is 37.8. The molecule has 10 heteroatoms. The van der Waals surface area contributed by atoms with Crippen LogP contribution in [-0.4, -0.2) is 52.3 Å². The molecule has 0 fully saturated rings. The summed E-state index contributed by atoms with van der Waals surface area (Å²) in [5, 5.41) is 10.3. The topological polar surface area (TPSA) is 103 Å². The van der Waals surface area contributed by atoms with Crippen LogP contribution < -0.4 is 11.5 Å². The highest BCUT2D eigenvalue weighted by Gasteiger charge is 2.38. The third-order valence-corrected chi connectivity index (χ3v) is 2.89. The lowest BCUT2D eigenvalue weighted by Gasteiger charge is -2.41. The number of halogens is 3. The molecule has 1 aliphatic heterocycles. The molecule has 0 radical (unpaired) electrons. The quantitative estimate of drug-likeness (QED) is 0.485. The van der Waals surface area contributed by atoms with Gasteiger partial charge in [-0.05, 0) is 12.5 Å². The number of carbonyl (C=O) groups excluding carboxylic acids is 1. The molecule has 0 bridgehead atoms. The van der Waals surface area contributed by atoms with Crippen LogP contribution in [0.25, 0.3) is 0 Å². The number of alkyl halides is 3. The molecule has 1 amide bonds. The van der Waals surface area contributed by atoms with Crippen molar-refractivity contribution in [3.63, 3.8) is 0 Å². The fourth-order valence-electron chi connectivity index (χ4n) is 2.05. The largest absolute Gasteiger partial charge is 0.407 e. The molecule has 7 nitrogen and oxygen atoms in total. The number of rotatable bonds is 6. The van der Waals surface area contributed by atoms with Crippen LogP contribution >= 0.6 is 0 Å². The average molecular weight is 308 g/mol. The predicted molar refractivity (Wildman–Crippen MR) is 70.3 cm³/mol. The molecule has 0 aliphatic carbocycles. The zero-order chi connectivity index (χ0) is 16.2. The molecule has 5 N–H and O–H groups in total. The van der Waals surface area contributed by atoms with Crippen LogP contribution in [0, 0.1) is 5.41 Å². The number of nitrogens with one attached hydrogen (secondary N) is 1. The molecule has 1 atom stereocenters. The summed E-state index contributed by atoms with van der Waals surface area (Å²) in [4.78, 5) is 11.5. The van der Waals surface area contributed by atoms with Gasteiger partial charge in [-0.1, -0.05) is 13.3 Å². The number of amides is 1. The van der Waals surface area contributed by atoms with Gasteiger partial charge in [0, 0.05) is 6.20 Å². The van der Waals surface area contributed by atoms with Crippen LogP contribution in [0.2, 0.25) is 0 Å². The molecular weight excluding hydrogens is 289 g/mol. The first-order valence-electron chi connectivity index (χ1n) is 6.37. The molecule has 1 heterocycles. The fourth-order valence-corrected chi connectivity index (χ4v) is 2.05. The molecular formula is C11H19F3N6O. The Morgan fingerprint density at radius 3 is 2.52 bits per heavy atom. The molecule has 0 spiro atoms. The minimum atomic E-state index is -4.53. The van der Waals surface area contributed by atoms with E-state index in [1.54, 1.807) is 6.08 Å². The number of hydrogen-bond donors (Lipinski definition) is 3. The lowest BCUT2D eigenvalue weighted by molar-refractivity contribution is -0.199. The molecule has 120 valence electrons. The smallest absolute Gasteiger partial charge is 0.369 e. The van der Waals surface area contributed by atoms with Crippen LogP contribution in [0.15, 0.2) is 12.3 Å². The van der Waals surface area contributed by atoms with E-state index in [4.69, 9.17) is 16.9 Å². The van der Waals surface area contributed by atoms with Crippen molar-refractivity contribution in [2.24, 2.45) is 11.5 Å². The van der Waals surface area contributed by atoms with E-state index in [1.807, 2.05) is 6.92 Å². The highest BCUT2D eigenvalue weighted by atomic mass is 19.4. The van der Waals surface area contributed by atoms with Crippen molar-refractivity contribution in [1.29, 1.82) is 5.41 Å². The zero-order valence-corrected chi connectivity index (χ0v) is 11.6. The first kappa shape index (κ1) is 17.1. The fraction of sp³-hybridized carbons (Fsp3) is 0.636. The molecule has 1 aliphatic rings. The molecule has 1 rings (SSSR count). The van der Waals surface area contributed by atoms with Gasteiger partial charge in [-0.15, -0.1) is 5.12 Å². The number of guanidine groups is 1. The Bertz CT molecular complexity index is 425. The van der Waals surface area contributed by atoms with Crippen molar-refractivity contribution in [1.82, 2.24) is 15.1 Å². The lowest BCUT2D eigenvalue weighted by atomic mass is 10.1. The van der Waals surface area contributed by atoms with Gasteiger partial charge in [-0.25, -0.2) is 5.01 Å². The molecule has 21 heavy (non-hydrogen) atoms. The SMILES string of the molecule is CCCC(C(N)=O)N1C=CCN1N(CC(F)(F)F)C(=N)N. The summed E-state index contributed by atoms with van der Waals surface area (Å²) in [6.45, 7) is 0.486. The Balaban J connectivity index is 2.97. The number of nitrogens with zero attached hydrogens (tertiary/aromatic N) is 3. The summed E-state index contributed by atoms with van der Waals surface area (Å²) in [7, 11) is 0. The van der Waals surface area contributed by atoms with E-state index in [9.17, 15) is 18.0 Å². The molecule has 1 unspecified atom stereocenters. The van der Waals surface area contributed by atoms with Gasteiger partial charge in [0.1, 0.15) is 12.6 Å². The minimum absolute atomic E-state index is 0.0726. The second-order valence-corrected chi connectivity index (χ2v) is 4.58. The third-order valence-electron chi connectivity index (χ3n) is 2.89. The molecule has 0 aromatic rings. The summed E-state index contributed by atoms with van der Waals surface area (Å²) in [6, 6.07) is -0.788. The van der Waals surface area contributed by atoms with Gasteiger partial charge in [0.05, 0.1) is 6.54 Å². The predicted octanol–water partition coefficient (Wildman–Crippen LogP) is 0.359. The Labute approximate surface area is 120 Å². The second kappa shape index (κ2) is 6.66. The summed E-state index contributed by atoms with van der Waals surface area (Å²) in [5.41, 5.74) is 10.5. The maximum absolute atomic E-state index is 12.6. The summed E-state index contributed by atoms with van der Waals surface area (Å²) in [5.74, 6) is -1.41. The van der Waals surface area contributed by atoms with E-state index in [0.29, 0.717) is 17.9 Å². The third kappa shape index (κ3) is 4.52. The maximum Gasteiger partial charge on any atom is 0.407 e. The van der Waals surface area contributed by atoms with Gasteiger partial charge in [0.15, 0.2) is 0 Å². The Hall–Kier alpha value is -1.97. The van der Waals surface area contributed by atoms with E-state index < -0.39 is 30.6 Å². The Morgan fingerprint density at radius 1 is 1.48 bits per heavy atom. The number of carbonyl (C=O) groups is 1. The number of nitrogens with two attached hydrogens (primary N) is 2. The van der Waals surface area contributed by atoms with Crippen LogP contribution in [0.5, 0.6) is 0 Å². The zero-order valence-electron chi connectivity index (χ0n) is 11.6. The lowest BCUT2D eigenvalue weighted by Crippen LogP contribution is -2.60. The second-order valence-electron chi connectivity index (χ2n) is 4.58. The van der Waals surface area contributed by atoms with E-state index in [1.165, 1.54) is 11.2 Å². The average Bonchev–Trinajstić information content (AvgIpc) is 2.79. The highest BCUT2D eigenvalue weighted by molar-refractivity contribution is 5.80. The van der Waals surface area contributed by atoms with Gasteiger partial charge in [0.25, 0.3) is 0 Å². The first-order chi connectivity index (χ1) is 9.67. The van der Waals surface area contributed by atoms with E-state index in [2.05, 4.69) is 0 Å². The number of hydrazine groups is 2. The minimum Gasteiger partial charge on any atom is -0.369 e. The van der Waals surface area contributed by atoms with Crippen molar-refractivity contribution < 1.29 is 18.0 Å². The van der Waals surface area contributed by atoms with Crippen molar-refractivity contribution in [2.45, 2.75) is 32.0 Å². The number of primary amides is 1. The Kier molecular flexibility index (Phi) is 5.41. The monoisotopic (exact) mass is 308 g/mol. The normalized spacial score (nSPS) is 17.0. The highest BCUT2D eigenvalue weighted by Crippen LogP contribution is 2.22. The van der Waals surface area contributed by atoms with Crippen LogP contribution in [-0.2, 0) is 4.79 Å². The van der Waals surface area contributed by atoms with Crippen molar-refractivity contribution in [3.8, 4) is 0 Å². The van der Waals surface area contributed by atoms with E-state index in [0.717, 1.165) is 5.12 Å². The van der Waals surface area contributed by atoms with Gasteiger partial charge < -0.3 is 11.5 Å². The van der Waals surface area contributed by atoms with Gasteiger partial charge in [0.2, 0.25) is 11.9 Å². The van der Waals surface area contributed by atoms with Gasteiger partial charge in [-0.2, -0.15) is 13.2 Å². The van der Waals surface area contributed by atoms with Crippen molar-refractivity contribution >= 4 is 11.9 Å². The summed E-state index contributed by atoms with van der Waals surface area (Å²) >= 11 is 0. The van der Waals surface area contributed by atoms with Gasteiger partial charge >= 0.3 is 6.18 Å². The maximum atomic E-state index is 12.6. The standard InChI is InChI=1S/C11H19F3N6O/c1-2-4-8(9(15)21)18-5-3-6-20(18)19(10(16)17)7-11(12,13)14/h3,5,8H,2,4,6-7H2,1H3,(H2,15,21)(H3,16,17). The molecule has 0 saturated heterocycles. The molecule has 0 aromatic heterocycles. The van der Waals surface area contributed by atoms with Crippen molar-refractivity contribution in [3.05, 3.63) is 12.3 Å². The first-order valence-corrected chi connectivity index (χ1v) is 6.37. The molecule has 0 saturated carbocycles. The van der Waals surface area contributed by atoms with Crippen LogP contribution in [0.1, 0.15) is 19.8 Å². The van der Waals surface area contributed by atoms with Crippen LogP contribution in [0.3, 0.4) is 0 Å². The molecule has 0 aromatic carbocycles. The van der Waals surface area contributed by atoms with Crippen molar-refractivity contribution in [2.75, 3.05) is 13.1 Å². The van der Waals surface area contributed by atoms with E-state index in [-0.39, 0.29) is 6.54 Å². The summed E-state index contributed by atoms with van der Waals surface area (Å²) in [6.07, 6.45) is -0.485.